The molecule has 0 saturated carbocycles. The number of aromatic nitrogens is 3. The van der Waals surface area contributed by atoms with E-state index in [9.17, 15) is 4.79 Å². The fourth-order valence-electron chi connectivity index (χ4n) is 3.83. The summed E-state index contributed by atoms with van der Waals surface area (Å²) in [7, 11) is 0. The molecular formula is C25H21N4O+. The first-order valence-electron chi connectivity index (χ1n) is 10.0. The van der Waals surface area contributed by atoms with Crippen LogP contribution in [0.2, 0.25) is 0 Å². The highest BCUT2D eigenvalue weighted by molar-refractivity contribution is 5.82. The van der Waals surface area contributed by atoms with Gasteiger partial charge in [-0.3, -0.25) is 10.3 Å². The van der Waals surface area contributed by atoms with Crippen LogP contribution in [0.1, 0.15) is 21.6 Å². The molecule has 146 valence electrons. The van der Waals surface area contributed by atoms with Crippen LogP contribution in [0.15, 0.2) is 91.4 Å². The van der Waals surface area contributed by atoms with Gasteiger partial charge in [0.05, 0.1) is 0 Å². The number of benzene rings is 2. The molecule has 0 fully saturated rings. The molecule has 0 aliphatic carbocycles. The average molecular weight is 393 g/mol. The number of hydrogen-bond acceptors (Lipinski definition) is 4. The Kier molecular flexibility index (Phi) is 4.77. The Morgan fingerprint density at radius 2 is 1.57 bits per heavy atom. The van der Waals surface area contributed by atoms with Crippen molar-refractivity contribution in [3.63, 3.8) is 0 Å². The van der Waals surface area contributed by atoms with Crippen molar-refractivity contribution >= 4 is 11.7 Å². The molecule has 1 N–H and O–H groups in total. The van der Waals surface area contributed by atoms with Crippen molar-refractivity contribution in [1.82, 2.24) is 9.97 Å². The van der Waals surface area contributed by atoms with Crippen molar-refractivity contribution in [3.8, 4) is 11.3 Å². The number of anilines is 1. The number of carbonyl (C=O) groups excluding carboxylic acids is 1. The number of fused-ring (bicyclic) bond motifs is 1. The number of carbonyl (C=O) groups is 1. The van der Waals surface area contributed by atoms with Crippen LogP contribution in [-0.2, 0) is 12.8 Å². The summed E-state index contributed by atoms with van der Waals surface area (Å²) in [6.45, 7) is 0. The summed E-state index contributed by atoms with van der Waals surface area (Å²) in [5.74, 6) is 0.818. The van der Waals surface area contributed by atoms with E-state index in [4.69, 9.17) is 4.98 Å². The van der Waals surface area contributed by atoms with E-state index in [0.29, 0.717) is 12.8 Å². The molecule has 5 rings (SSSR count). The Morgan fingerprint density at radius 3 is 2.30 bits per heavy atom. The van der Waals surface area contributed by atoms with Crippen LogP contribution in [0.5, 0.6) is 0 Å². The van der Waals surface area contributed by atoms with E-state index in [0.717, 1.165) is 33.9 Å². The van der Waals surface area contributed by atoms with Gasteiger partial charge in [-0.2, -0.15) is 4.57 Å². The second-order valence-corrected chi connectivity index (χ2v) is 7.41. The first-order valence-corrected chi connectivity index (χ1v) is 10.0. The van der Waals surface area contributed by atoms with Crippen molar-refractivity contribution < 1.29 is 9.36 Å². The van der Waals surface area contributed by atoms with Crippen molar-refractivity contribution in [2.24, 2.45) is 0 Å². The molecule has 2 aromatic heterocycles. The van der Waals surface area contributed by atoms with Gasteiger partial charge in [0.2, 0.25) is 0 Å². The molecule has 5 heteroatoms. The van der Waals surface area contributed by atoms with Gasteiger partial charge in [-0.05, 0) is 23.3 Å². The Bertz CT molecular complexity index is 1180. The van der Waals surface area contributed by atoms with Crippen molar-refractivity contribution in [3.05, 3.63) is 108 Å². The van der Waals surface area contributed by atoms with E-state index >= 15 is 0 Å². The summed E-state index contributed by atoms with van der Waals surface area (Å²) in [6, 6.07) is 23.8. The van der Waals surface area contributed by atoms with Gasteiger partial charge in [0.15, 0.2) is 6.04 Å². The number of nitrogens with one attached hydrogen (secondary N) is 1. The fraction of sp³-hybridized carbons (Fsp3) is 0.120. The molecule has 0 spiro atoms. The van der Waals surface area contributed by atoms with E-state index in [2.05, 4.69) is 22.4 Å². The second kappa shape index (κ2) is 7.87. The van der Waals surface area contributed by atoms with Crippen LogP contribution >= 0.6 is 0 Å². The molecule has 0 bridgehead atoms. The zero-order valence-corrected chi connectivity index (χ0v) is 16.4. The van der Waals surface area contributed by atoms with Crippen LogP contribution in [0.25, 0.3) is 11.3 Å². The molecule has 0 radical (unpaired) electrons. The molecule has 5 nitrogen and oxygen atoms in total. The standard InChI is InChI=1S/C25H20N4O/c30-25-22(16-19-11-13-26-14-12-19)28-24-21(15-18-7-3-1-4-8-18)27-23(17-29(24)25)20-9-5-2-6-10-20/h1-14,17,22H,15-16H2/p+1. The lowest BCUT2D eigenvalue weighted by molar-refractivity contribution is -0.552. The van der Waals surface area contributed by atoms with Gasteiger partial charge >= 0.3 is 11.7 Å². The maximum atomic E-state index is 13.2. The predicted molar refractivity (Wildman–Crippen MR) is 115 cm³/mol. The van der Waals surface area contributed by atoms with Gasteiger partial charge in [-0.1, -0.05) is 60.7 Å². The van der Waals surface area contributed by atoms with E-state index in [-0.39, 0.29) is 11.9 Å². The van der Waals surface area contributed by atoms with E-state index in [1.807, 2.05) is 66.9 Å². The Hall–Kier alpha value is -3.86. The molecule has 4 aromatic rings. The van der Waals surface area contributed by atoms with Gasteiger partial charge in [0.25, 0.3) is 0 Å². The van der Waals surface area contributed by atoms with Gasteiger partial charge < -0.3 is 0 Å². The maximum Gasteiger partial charge on any atom is 0.359 e. The Morgan fingerprint density at radius 1 is 0.867 bits per heavy atom. The summed E-state index contributed by atoms with van der Waals surface area (Å²) < 4.78 is 1.74. The average Bonchev–Trinajstić information content (AvgIpc) is 3.11. The van der Waals surface area contributed by atoms with Crippen molar-refractivity contribution in [2.45, 2.75) is 18.9 Å². The minimum atomic E-state index is -0.324. The van der Waals surface area contributed by atoms with Crippen LogP contribution in [0.3, 0.4) is 0 Å². The van der Waals surface area contributed by atoms with Crippen LogP contribution in [0, 0.1) is 0 Å². The third kappa shape index (κ3) is 3.57. The molecule has 1 aliphatic heterocycles. The molecule has 3 heterocycles. The highest BCUT2D eigenvalue weighted by Crippen LogP contribution is 2.24. The molecule has 1 atom stereocenters. The van der Waals surface area contributed by atoms with Crippen LogP contribution in [0.4, 0.5) is 5.82 Å². The molecule has 2 aromatic carbocycles. The smallest absolute Gasteiger partial charge is 0.265 e. The van der Waals surface area contributed by atoms with Crippen molar-refractivity contribution in [1.29, 1.82) is 0 Å². The zero-order chi connectivity index (χ0) is 20.3. The summed E-state index contributed by atoms with van der Waals surface area (Å²) in [5, 5.41) is 3.43. The molecule has 1 unspecified atom stereocenters. The van der Waals surface area contributed by atoms with E-state index < -0.39 is 0 Å². The third-order valence-electron chi connectivity index (χ3n) is 5.34. The number of hydrogen-bond donors (Lipinski definition) is 1. The topological polar surface area (TPSA) is 58.8 Å². The summed E-state index contributed by atoms with van der Waals surface area (Å²) >= 11 is 0. The zero-order valence-electron chi connectivity index (χ0n) is 16.4. The lowest BCUT2D eigenvalue weighted by Crippen LogP contribution is -2.44. The summed E-state index contributed by atoms with van der Waals surface area (Å²) in [5.41, 5.74) is 4.89. The van der Waals surface area contributed by atoms with Crippen molar-refractivity contribution in [2.75, 3.05) is 5.32 Å². The quantitative estimate of drug-likeness (QED) is 0.525. The molecule has 0 amide bonds. The molecule has 1 aliphatic rings. The summed E-state index contributed by atoms with van der Waals surface area (Å²) in [6.07, 6.45) is 6.62. The SMILES string of the molecule is O=C1C(Cc2ccncc2)Nc2c(Cc3ccccc3)nc(-c3ccccc3)c[n+]21. The van der Waals surface area contributed by atoms with Crippen LogP contribution < -0.4 is 9.88 Å². The third-order valence-corrected chi connectivity index (χ3v) is 5.34. The normalized spacial score (nSPS) is 14.9. The first-order chi connectivity index (χ1) is 14.8. The van der Waals surface area contributed by atoms with Crippen LogP contribution in [-0.4, -0.2) is 21.9 Å². The highest BCUT2D eigenvalue weighted by Gasteiger charge is 2.41. The second-order valence-electron chi connectivity index (χ2n) is 7.41. The number of nitrogens with zero attached hydrogens (tertiary/aromatic N) is 3. The minimum absolute atomic E-state index is 0.0377. The highest BCUT2D eigenvalue weighted by atomic mass is 16.2. The molecule has 0 saturated heterocycles. The number of rotatable bonds is 5. The number of pyridine rings is 1. The lowest BCUT2D eigenvalue weighted by Gasteiger charge is -2.07. The minimum Gasteiger partial charge on any atom is -0.265 e. The van der Waals surface area contributed by atoms with Gasteiger partial charge in [0, 0.05) is 30.8 Å². The summed E-state index contributed by atoms with van der Waals surface area (Å²) in [4.78, 5) is 22.3. The lowest BCUT2D eigenvalue weighted by atomic mass is 10.1. The predicted octanol–water partition coefficient (Wildman–Crippen LogP) is 3.70. The Labute approximate surface area is 175 Å². The van der Waals surface area contributed by atoms with Gasteiger partial charge in [-0.25, -0.2) is 9.78 Å². The monoisotopic (exact) mass is 393 g/mol. The maximum absolute atomic E-state index is 13.2. The van der Waals surface area contributed by atoms with Gasteiger partial charge in [0.1, 0.15) is 17.6 Å². The molecular weight excluding hydrogens is 372 g/mol. The Balaban J connectivity index is 1.55. The van der Waals surface area contributed by atoms with E-state index in [1.54, 1.807) is 17.0 Å². The van der Waals surface area contributed by atoms with E-state index in [1.165, 1.54) is 0 Å². The van der Waals surface area contributed by atoms with Gasteiger partial charge in [-0.15, -0.1) is 0 Å². The first kappa shape index (κ1) is 18.2. The molecule has 30 heavy (non-hydrogen) atoms. The largest absolute Gasteiger partial charge is 0.359 e. The fourth-order valence-corrected chi connectivity index (χ4v) is 3.83.